The third-order valence-electron chi connectivity index (χ3n) is 3.78. The maximum atomic E-state index is 12.2. The van der Waals surface area contributed by atoms with Gasteiger partial charge >= 0.3 is 0 Å². The average Bonchev–Trinajstić information content (AvgIpc) is 2.92. The van der Waals surface area contributed by atoms with E-state index in [-0.39, 0.29) is 0 Å². The van der Waals surface area contributed by atoms with Gasteiger partial charge in [-0.3, -0.25) is 0 Å². The second-order valence-corrected chi connectivity index (χ2v) is 7.44. The first-order valence-corrected chi connectivity index (χ1v) is 8.79. The Kier molecular flexibility index (Phi) is 5.18. The summed E-state index contributed by atoms with van der Waals surface area (Å²) in [6.07, 6.45) is 2.45. The number of benzene rings is 1. The molecule has 0 aliphatic carbocycles. The summed E-state index contributed by atoms with van der Waals surface area (Å²) < 4.78 is 27.0. The molecule has 0 aromatic heterocycles. The van der Waals surface area contributed by atoms with E-state index in [2.05, 4.69) is 23.5 Å². The molecule has 1 aliphatic rings. The molecule has 20 heavy (non-hydrogen) atoms. The smallest absolute Gasteiger partial charge is 0.240 e. The Bertz CT molecular complexity index is 517. The summed E-state index contributed by atoms with van der Waals surface area (Å²) in [6, 6.07) is 7.15. The molecule has 2 rings (SSSR count). The molecule has 0 bridgehead atoms. The number of hydrogen-bond donors (Lipinski definition) is 1. The highest BCUT2D eigenvalue weighted by Crippen LogP contribution is 2.17. The van der Waals surface area contributed by atoms with Crippen molar-refractivity contribution >= 4 is 10.0 Å². The highest BCUT2D eigenvalue weighted by atomic mass is 32.2. The normalized spacial score (nSPS) is 16.9. The number of sulfonamides is 1. The topological polar surface area (TPSA) is 49.4 Å². The van der Waals surface area contributed by atoms with Crippen molar-refractivity contribution in [3.63, 3.8) is 0 Å². The van der Waals surface area contributed by atoms with Crippen molar-refractivity contribution in [2.45, 2.75) is 37.5 Å². The summed E-state index contributed by atoms with van der Waals surface area (Å²) in [5.41, 5.74) is 1.15. The molecule has 1 N–H and O–H groups in total. The Morgan fingerprint density at radius 1 is 1.15 bits per heavy atom. The number of likely N-dealkylation sites (tertiary alicyclic amines) is 1. The van der Waals surface area contributed by atoms with Gasteiger partial charge in [0, 0.05) is 13.1 Å². The van der Waals surface area contributed by atoms with Crippen LogP contribution in [0.5, 0.6) is 0 Å². The Morgan fingerprint density at radius 2 is 1.75 bits per heavy atom. The molecule has 1 aromatic rings. The van der Waals surface area contributed by atoms with E-state index in [0.717, 1.165) is 25.2 Å². The predicted molar refractivity (Wildman–Crippen MR) is 81.4 cm³/mol. The van der Waals surface area contributed by atoms with E-state index in [1.54, 1.807) is 12.1 Å². The van der Waals surface area contributed by atoms with E-state index in [9.17, 15) is 8.42 Å². The van der Waals surface area contributed by atoms with Gasteiger partial charge in [-0.2, -0.15) is 0 Å². The first-order valence-electron chi connectivity index (χ1n) is 7.31. The fourth-order valence-electron chi connectivity index (χ4n) is 2.46. The molecule has 0 atom stereocenters. The van der Waals surface area contributed by atoms with Gasteiger partial charge in [0.15, 0.2) is 0 Å². The Hall–Kier alpha value is -0.910. The van der Waals surface area contributed by atoms with E-state index in [1.165, 1.54) is 12.8 Å². The van der Waals surface area contributed by atoms with Gasteiger partial charge in [-0.25, -0.2) is 13.1 Å². The van der Waals surface area contributed by atoms with Crippen molar-refractivity contribution in [1.82, 2.24) is 9.62 Å². The predicted octanol–water partition coefficient (Wildman–Crippen LogP) is 2.18. The van der Waals surface area contributed by atoms with Crippen LogP contribution in [-0.2, 0) is 10.0 Å². The van der Waals surface area contributed by atoms with Crippen LogP contribution in [0.4, 0.5) is 0 Å². The molecule has 112 valence electrons. The molecular formula is C15H24N2O2S. The highest BCUT2D eigenvalue weighted by Gasteiger charge is 2.16. The maximum absolute atomic E-state index is 12.2. The Morgan fingerprint density at radius 3 is 2.30 bits per heavy atom. The standard InChI is InChI=1S/C15H24N2O2S/c1-13(2)14-5-7-15(8-6-14)20(18,19)16-9-12-17-10-3-4-11-17/h5-8,13,16H,3-4,9-12H2,1-2H3. The second kappa shape index (κ2) is 6.70. The van der Waals surface area contributed by atoms with Crippen molar-refractivity contribution < 1.29 is 8.42 Å². The van der Waals surface area contributed by atoms with Crippen LogP contribution in [0, 0.1) is 0 Å². The van der Waals surface area contributed by atoms with Crippen LogP contribution in [-0.4, -0.2) is 39.5 Å². The van der Waals surface area contributed by atoms with Gasteiger partial charge in [0.1, 0.15) is 0 Å². The number of rotatable bonds is 6. The van der Waals surface area contributed by atoms with E-state index in [1.807, 2.05) is 12.1 Å². The minimum Gasteiger partial charge on any atom is -0.302 e. The second-order valence-electron chi connectivity index (χ2n) is 5.67. The van der Waals surface area contributed by atoms with E-state index >= 15 is 0 Å². The molecule has 4 nitrogen and oxygen atoms in total. The molecule has 1 heterocycles. The van der Waals surface area contributed by atoms with Gasteiger partial charge in [0.2, 0.25) is 10.0 Å². The zero-order valence-corrected chi connectivity index (χ0v) is 13.1. The molecule has 1 aromatic carbocycles. The summed E-state index contributed by atoms with van der Waals surface area (Å²) in [5.74, 6) is 0.412. The lowest BCUT2D eigenvalue weighted by Crippen LogP contribution is -2.33. The molecule has 1 saturated heterocycles. The zero-order chi connectivity index (χ0) is 14.6. The van der Waals surface area contributed by atoms with Crippen LogP contribution >= 0.6 is 0 Å². The minimum absolute atomic E-state index is 0.350. The van der Waals surface area contributed by atoms with Crippen LogP contribution in [0.25, 0.3) is 0 Å². The molecule has 0 unspecified atom stereocenters. The van der Waals surface area contributed by atoms with Crippen molar-refractivity contribution in [2.24, 2.45) is 0 Å². The fraction of sp³-hybridized carbons (Fsp3) is 0.600. The highest BCUT2D eigenvalue weighted by molar-refractivity contribution is 7.89. The van der Waals surface area contributed by atoms with Crippen LogP contribution in [0.1, 0.15) is 38.2 Å². The van der Waals surface area contributed by atoms with Crippen LogP contribution in [0.3, 0.4) is 0 Å². The maximum Gasteiger partial charge on any atom is 0.240 e. The van der Waals surface area contributed by atoms with Crippen LogP contribution < -0.4 is 4.72 Å². The van der Waals surface area contributed by atoms with Gasteiger partial charge in [-0.1, -0.05) is 26.0 Å². The van der Waals surface area contributed by atoms with Gasteiger partial charge < -0.3 is 4.90 Å². The average molecular weight is 296 g/mol. The van der Waals surface area contributed by atoms with E-state index in [4.69, 9.17) is 0 Å². The van der Waals surface area contributed by atoms with Crippen molar-refractivity contribution in [3.05, 3.63) is 29.8 Å². The molecule has 5 heteroatoms. The fourth-order valence-corrected chi connectivity index (χ4v) is 3.48. The van der Waals surface area contributed by atoms with Gasteiger partial charge in [-0.15, -0.1) is 0 Å². The summed E-state index contributed by atoms with van der Waals surface area (Å²) in [6.45, 7) is 7.64. The largest absolute Gasteiger partial charge is 0.302 e. The number of nitrogens with one attached hydrogen (secondary N) is 1. The summed E-state index contributed by atoms with van der Waals surface area (Å²) in [5, 5.41) is 0. The Labute approximate surface area is 122 Å². The lowest BCUT2D eigenvalue weighted by molar-refractivity contribution is 0.344. The summed E-state index contributed by atoms with van der Waals surface area (Å²) in [7, 11) is -3.37. The third-order valence-corrected chi connectivity index (χ3v) is 5.25. The number of nitrogens with zero attached hydrogens (tertiary/aromatic N) is 1. The van der Waals surface area contributed by atoms with Crippen molar-refractivity contribution in [1.29, 1.82) is 0 Å². The molecule has 1 aliphatic heterocycles. The molecule has 0 spiro atoms. The molecule has 0 amide bonds. The van der Waals surface area contributed by atoms with Gasteiger partial charge in [0.25, 0.3) is 0 Å². The summed E-state index contributed by atoms with van der Waals surface area (Å²) in [4.78, 5) is 2.65. The molecular weight excluding hydrogens is 272 g/mol. The molecule has 0 saturated carbocycles. The molecule has 0 radical (unpaired) electrons. The first kappa shape index (κ1) is 15.5. The first-order chi connectivity index (χ1) is 9.49. The summed E-state index contributed by atoms with van der Waals surface area (Å²) >= 11 is 0. The van der Waals surface area contributed by atoms with Gasteiger partial charge in [-0.05, 0) is 49.5 Å². The lowest BCUT2D eigenvalue weighted by Gasteiger charge is -2.15. The van der Waals surface area contributed by atoms with Gasteiger partial charge in [0.05, 0.1) is 4.90 Å². The van der Waals surface area contributed by atoms with E-state index < -0.39 is 10.0 Å². The molecule has 1 fully saturated rings. The SMILES string of the molecule is CC(C)c1ccc(S(=O)(=O)NCCN2CCCC2)cc1. The van der Waals surface area contributed by atoms with Crippen molar-refractivity contribution in [2.75, 3.05) is 26.2 Å². The monoisotopic (exact) mass is 296 g/mol. The van der Waals surface area contributed by atoms with E-state index in [0.29, 0.717) is 17.4 Å². The lowest BCUT2D eigenvalue weighted by atomic mass is 10.0. The number of hydrogen-bond acceptors (Lipinski definition) is 3. The van der Waals surface area contributed by atoms with Crippen molar-refractivity contribution in [3.8, 4) is 0 Å². The minimum atomic E-state index is -3.37. The quantitative estimate of drug-likeness (QED) is 0.875. The Balaban J connectivity index is 1.91. The third kappa shape index (κ3) is 4.04. The zero-order valence-electron chi connectivity index (χ0n) is 12.3. The van der Waals surface area contributed by atoms with Crippen LogP contribution in [0.15, 0.2) is 29.2 Å². The van der Waals surface area contributed by atoms with Crippen LogP contribution in [0.2, 0.25) is 0 Å².